The van der Waals surface area contributed by atoms with Crippen LogP contribution in [0.15, 0.2) is 24.3 Å². The maximum Gasteiger partial charge on any atom is 0.122 e. The first-order chi connectivity index (χ1) is 8.29. The van der Waals surface area contributed by atoms with Crippen LogP contribution in [0.5, 0.6) is 5.75 Å². The molecule has 0 atom stereocenters. The highest BCUT2D eigenvalue weighted by atomic mass is 16.5. The predicted molar refractivity (Wildman–Crippen MR) is 71.5 cm³/mol. The molecule has 2 nitrogen and oxygen atoms in total. The average Bonchev–Trinajstić information content (AvgIpc) is 2.79. The van der Waals surface area contributed by atoms with Crippen molar-refractivity contribution in [2.24, 2.45) is 5.41 Å². The first kappa shape index (κ1) is 12.4. The fraction of sp³-hybridized carbons (Fsp3) is 0.600. The maximum absolute atomic E-state index is 5.46. The smallest absolute Gasteiger partial charge is 0.122 e. The van der Waals surface area contributed by atoms with E-state index in [4.69, 9.17) is 4.74 Å². The van der Waals surface area contributed by atoms with Crippen molar-refractivity contribution in [2.45, 2.75) is 32.1 Å². The molecule has 0 radical (unpaired) electrons. The Labute approximate surface area is 104 Å². The van der Waals surface area contributed by atoms with Crippen LogP contribution in [-0.4, -0.2) is 20.7 Å². The monoisotopic (exact) mass is 233 g/mol. The fourth-order valence-electron chi connectivity index (χ4n) is 3.17. The van der Waals surface area contributed by atoms with E-state index in [1.54, 1.807) is 7.11 Å². The van der Waals surface area contributed by atoms with Crippen LogP contribution >= 0.6 is 0 Å². The van der Waals surface area contributed by atoms with E-state index in [0.29, 0.717) is 5.41 Å². The molecule has 2 heteroatoms. The van der Waals surface area contributed by atoms with Crippen LogP contribution in [0.2, 0.25) is 0 Å². The number of nitrogens with one attached hydrogen (secondary N) is 1. The third-order valence-corrected chi connectivity index (χ3v) is 3.97. The average molecular weight is 233 g/mol. The Kier molecular flexibility index (Phi) is 4.06. The van der Waals surface area contributed by atoms with Crippen molar-refractivity contribution >= 4 is 0 Å². The van der Waals surface area contributed by atoms with E-state index in [9.17, 15) is 0 Å². The molecule has 0 bridgehead atoms. The van der Waals surface area contributed by atoms with Crippen molar-refractivity contribution in [1.29, 1.82) is 0 Å². The van der Waals surface area contributed by atoms with Gasteiger partial charge in [-0.25, -0.2) is 0 Å². The van der Waals surface area contributed by atoms with Gasteiger partial charge in [0, 0.05) is 6.54 Å². The number of rotatable bonds is 5. The van der Waals surface area contributed by atoms with Gasteiger partial charge in [-0.1, -0.05) is 31.0 Å². The highest BCUT2D eigenvalue weighted by Crippen LogP contribution is 2.41. The molecular weight excluding hydrogens is 210 g/mol. The SMILES string of the molecule is CNCC1(Cc2ccccc2OC)CCCC1. The van der Waals surface area contributed by atoms with Crippen LogP contribution in [0.3, 0.4) is 0 Å². The van der Waals surface area contributed by atoms with Gasteiger partial charge in [0.15, 0.2) is 0 Å². The standard InChI is InChI=1S/C15H23NO/c1-16-12-15(9-5-6-10-15)11-13-7-3-4-8-14(13)17-2/h3-4,7-8,16H,5-6,9-12H2,1-2H3. The summed E-state index contributed by atoms with van der Waals surface area (Å²) in [5.74, 6) is 1.04. The minimum absolute atomic E-state index is 0.448. The van der Waals surface area contributed by atoms with E-state index in [0.717, 1.165) is 18.7 Å². The van der Waals surface area contributed by atoms with Crippen LogP contribution in [0, 0.1) is 5.41 Å². The molecule has 0 spiro atoms. The third kappa shape index (κ3) is 2.81. The molecule has 0 heterocycles. The van der Waals surface area contributed by atoms with E-state index < -0.39 is 0 Å². The van der Waals surface area contributed by atoms with Crippen molar-refractivity contribution in [2.75, 3.05) is 20.7 Å². The highest BCUT2D eigenvalue weighted by molar-refractivity contribution is 5.34. The summed E-state index contributed by atoms with van der Waals surface area (Å²) >= 11 is 0. The lowest BCUT2D eigenvalue weighted by atomic mass is 9.79. The Balaban J connectivity index is 2.17. The Morgan fingerprint density at radius 2 is 1.94 bits per heavy atom. The van der Waals surface area contributed by atoms with Gasteiger partial charge in [-0.15, -0.1) is 0 Å². The molecule has 94 valence electrons. The Bertz CT molecular complexity index is 356. The molecule has 1 aliphatic carbocycles. The van der Waals surface area contributed by atoms with Crippen LogP contribution in [-0.2, 0) is 6.42 Å². The second kappa shape index (κ2) is 5.54. The van der Waals surface area contributed by atoms with Crippen molar-refractivity contribution in [1.82, 2.24) is 5.32 Å². The molecule has 1 saturated carbocycles. The van der Waals surface area contributed by atoms with Gasteiger partial charge in [-0.2, -0.15) is 0 Å². The molecular formula is C15H23NO. The summed E-state index contributed by atoms with van der Waals surface area (Å²) in [4.78, 5) is 0. The van der Waals surface area contributed by atoms with E-state index in [-0.39, 0.29) is 0 Å². The van der Waals surface area contributed by atoms with Gasteiger partial charge in [0.25, 0.3) is 0 Å². The molecule has 0 aliphatic heterocycles. The van der Waals surface area contributed by atoms with Crippen molar-refractivity contribution < 1.29 is 4.74 Å². The molecule has 0 unspecified atom stereocenters. The second-order valence-corrected chi connectivity index (χ2v) is 5.23. The number of methoxy groups -OCH3 is 1. The van der Waals surface area contributed by atoms with Gasteiger partial charge < -0.3 is 10.1 Å². The number of para-hydroxylation sites is 1. The van der Waals surface area contributed by atoms with E-state index in [1.165, 1.54) is 31.2 Å². The summed E-state index contributed by atoms with van der Waals surface area (Å²) in [5.41, 5.74) is 1.80. The summed E-state index contributed by atoms with van der Waals surface area (Å²) in [7, 11) is 3.82. The molecule has 1 N–H and O–H groups in total. The zero-order valence-electron chi connectivity index (χ0n) is 11.0. The summed E-state index contributed by atoms with van der Waals surface area (Å²) in [6.07, 6.45) is 6.56. The maximum atomic E-state index is 5.46. The van der Waals surface area contributed by atoms with E-state index >= 15 is 0 Å². The minimum atomic E-state index is 0.448. The van der Waals surface area contributed by atoms with Crippen molar-refractivity contribution in [3.05, 3.63) is 29.8 Å². The van der Waals surface area contributed by atoms with Crippen LogP contribution < -0.4 is 10.1 Å². The van der Waals surface area contributed by atoms with Crippen LogP contribution in [0.1, 0.15) is 31.2 Å². The van der Waals surface area contributed by atoms with Crippen molar-refractivity contribution in [3.8, 4) is 5.75 Å². The number of hydrogen-bond acceptors (Lipinski definition) is 2. The number of ether oxygens (including phenoxy) is 1. The fourth-order valence-corrected chi connectivity index (χ4v) is 3.17. The molecule has 2 rings (SSSR count). The van der Waals surface area contributed by atoms with Crippen LogP contribution in [0.4, 0.5) is 0 Å². The number of hydrogen-bond donors (Lipinski definition) is 1. The quantitative estimate of drug-likeness (QED) is 0.844. The Morgan fingerprint density at radius 3 is 2.59 bits per heavy atom. The molecule has 17 heavy (non-hydrogen) atoms. The zero-order chi connectivity index (χ0) is 12.1. The molecule has 0 saturated heterocycles. The predicted octanol–water partition coefficient (Wildman–Crippen LogP) is 3.02. The third-order valence-electron chi connectivity index (χ3n) is 3.97. The van der Waals surface area contributed by atoms with Gasteiger partial charge >= 0.3 is 0 Å². The summed E-state index contributed by atoms with van der Waals surface area (Å²) in [6.45, 7) is 1.12. The largest absolute Gasteiger partial charge is 0.496 e. The summed E-state index contributed by atoms with van der Waals surface area (Å²) < 4.78 is 5.46. The second-order valence-electron chi connectivity index (χ2n) is 5.23. The van der Waals surface area contributed by atoms with Gasteiger partial charge in [0.2, 0.25) is 0 Å². The van der Waals surface area contributed by atoms with Crippen LogP contribution in [0.25, 0.3) is 0 Å². The summed E-state index contributed by atoms with van der Waals surface area (Å²) in [6, 6.07) is 8.42. The number of benzene rings is 1. The molecule has 1 aliphatic rings. The first-order valence-corrected chi connectivity index (χ1v) is 6.56. The molecule has 1 aromatic rings. The molecule has 0 aromatic heterocycles. The minimum Gasteiger partial charge on any atom is -0.496 e. The molecule has 1 aromatic carbocycles. The van der Waals surface area contributed by atoms with Gasteiger partial charge in [0.05, 0.1) is 7.11 Å². The van der Waals surface area contributed by atoms with Gasteiger partial charge in [-0.3, -0.25) is 0 Å². The lowest BCUT2D eigenvalue weighted by Gasteiger charge is -2.29. The first-order valence-electron chi connectivity index (χ1n) is 6.56. The normalized spacial score (nSPS) is 18.2. The lowest BCUT2D eigenvalue weighted by Crippen LogP contribution is -2.32. The summed E-state index contributed by atoms with van der Waals surface area (Å²) in [5, 5.41) is 3.37. The van der Waals surface area contributed by atoms with Gasteiger partial charge in [-0.05, 0) is 43.4 Å². The van der Waals surface area contributed by atoms with Gasteiger partial charge in [0.1, 0.15) is 5.75 Å². The lowest BCUT2D eigenvalue weighted by molar-refractivity contribution is 0.281. The topological polar surface area (TPSA) is 21.3 Å². The zero-order valence-corrected chi connectivity index (χ0v) is 11.0. The van der Waals surface area contributed by atoms with E-state index in [1.807, 2.05) is 6.07 Å². The molecule has 1 fully saturated rings. The Hall–Kier alpha value is -1.02. The van der Waals surface area contributed by atoms with E-state index in [2.05, 4.69) is 30.6 Å². The molecule has 0 amide bonds. The van der Waals surface area contributed by atoms with Crippen molar-refractivity contribution in [3.63, 3.8) is 0 Å². The Morgan fingerprint density at radius 1 is 1.24 bits per heavy atom. The highest BCUT2D eigenvalue weighted by Gasteiger charge is 2.33.